The van der Waals surface area contributed by atoms with Crippen LogP contribution in [0.15, 0.2) is 42.5 Å². The van der Waals surface area contributed by atoms with E-state index in [4.69, 9.17) is 16.2 Å². The Morgan fingerprint density at radius 2 is 1.95 bits per heavy atom. The maximum absolute atomic E-state index is 13.1. The summed E-state index contributed by atoms with van der Waals surface area (Å²) in [5.74, 6) is 0.190. The van der Waals surface area contributed by atoms with Crippen LogP contribution in [-0.4, -0.2) is 44.8 Å². The van der Waals surface area contributed by atoms with Crippen LogP contribution in [0.25, 0.3) is 11.0 Å². The maximum Gasteiger partial charge on any atom is 0.276 e. The third-order valence-corrected chi connectivity index (χ3v) is 6.10. The van der Waals surface area contributed by atoms with E-state index in [-0.39, 0.29) is 5.91 Å². The third kappa shape index (κ3) is 5.50. The lowest BCUT2D eigenvalue weighted by molar-refractivity contribution is 0.0996. The fraction of sp³-hybridized carbons (Fsp3) is 0.308. The summed E-state index contributed by atoms with van der Waals surface area (Å²) in [5, 5.41) is 10.6. The number of hydrogen-bond donors (Lipinski definition) is 4. The van der Waals surface area contributed by atoms with Crippen LogP contribution in [0.2, 0.25) is 0 Å². The zero-order valence-electron chi connectivity index (χ0n) is 21.2. The molecule has 4 rings (SSSR count). The summed E-state index contributed by atoms with van der Waals surface area (Å²) in [6, 6.07) is 12.5. The van der Waals surface area contributed by atoms with Crippen molar-refractivity contribution in [3.05, 3.63) is 59.4 Å². The zero-order valence-corrected chi connectivity index (χ0v) is 21.2. The van der Waals surface area contributed by atoms with Gasteiger partial charge in [-0.15, -0.1) is 0 Å². The summed E-state index contributed by atoms with van der Waals surface area (Å²) in [6.07, 6.45) is 1.64. The Balaban J connectivity index is 1.51. The molecule has 2 aromatic heterocycles. The first-order chi connectivity index (χ1) is 17.8. The number of nitrogens with one attached hydrogen (secondary N) is 2. The van der Waals surface area contributed by atoms with Crippen LogP contribution in [-0.2, 0) is 13.1 Å². The number of unbranched alkanes of at least 4 members (excludes halogenated alkanes) is 1. The van der Waals surface area contributed by atoms with E-state index < -0.39 is 5.91 Å². The Morgan fingerprint density at radius 3 is 2.68 bits per heavy atom. The van der Waals surface area contributed by atoms with Gasteiger partial charge in [-0.3, -0.25) is 19.6 Å². The normalized spacial score (nSPS) is 11.0. The molecule has 0 spiro atoms. The van der Waals surface area contributed by atoms with Gasteiger partial charge in [-0.05, 0) is 63.1 Å². The molecule has 0 aliphatic heterocycles. The van der Waals surface area contributed by atoms with Gasteiger partial charge in [-0.1, -0.05) is 6.07 Å². The van der Waals surface area contributed by atoms with Gasteiger partial charge in [0.05, 0.1) is 35.2 Å². The largest absolute Gasteiger partial charge is 0.495 e. The molecular weight excluding hydrogens is 472 g/mol. The highest BCUT2D eigenvalue weighted by molar-refractivity contribution is 6.03. The highest BCUT2D eigenvalue weighted by Crippen LogP contribution is 2.29. The number of methoxy groups -OCH3 is 1. The van der Waals surface area contributed by atoms with Crippen LogP contribution in [0, 0.1) is 6.92 Å². The number of hydrogen-bond acceptors (Lipinski definition) is 7. The van der Waals surface area contributed by atoms with E-state index in [0.717, 1.165) is 29.7 Å². The van der Waals surface area contributed by atoms with Crippen LogP contribution in [0.5, 0.6) is 5.75 Å². The first-order valence-corrected chi connectivity index (χ1v) is 12.1. The summed E-state index contributed by atoms with van der Waals surface area (Å²) < 4.78 is 8.87. The number of ether oxygens (including phenoxy) is 1. The van der Waals surface area contributed by atoms with Gasteiger partial charge < -0.3 is 26.1 Å². The number of carbonyl (C=O) groups is 2. The molecule has 6 N–H and O–H groups in total. The van der Waals surface area contributed by atoms with Gasteiger partial charge in [0, 0.05) is 25.2 Å². The SMILES string of the molecule is CCn1nc(C)cc1C(=O)Nc1nc2cc(C(N)=O)ccc2n1CCCCNc1cccc(OC)c1N. The fourth-order valence-electron chi connectivity index (χ4n) is 4.23. The number of carbonyl (C=O) groups excluding carboxylic acids is 2. The number of benzene rings is 2. The van der Waals surface area contributed by atoms with E-state index in [1.54, 1.807) is 36.1 Å². The fourth-order valence-corrected chi connectivity index (χ4v) is 4.23. The predicted molar refractivity (Wildman–Crippen MR) is 144 cm³/mol. The van der Waals surface area contributed by atoms with Crippen LogP contribution in [0.1, 0.15) is 46.3 Å². The van der Waals surface area contributed by atoms with Crippen molar-refractivity contribution in [2.24, 2.45) is 5.73 Å². The number of para-hydroxylation sites is 1. The monoisotopic (exact) mass is 504 g/mol. The second-order valence-electron chi connectivity index (χ2n) is 8.65. The molecule has 0 saturated heterocycles. The molecule has 0 aliphatic rings. The topological polar surface area (TPSA) is 155 Å². The van der Waals surface area contributed by atoms with E-state index in [1.807, 2.05) is 36.6 Å². The highest BCUT2D eigenvalue weighted by atomic mass is 16.5. The van der Waals surface area contributed by atoms with E-state index in [9.17, 15) is 9.59 Å². The van der Waals surface area contributed by atoms with E-state index in [0.29, 0.717) is 53.8 Å². The maximum atomic E-state index is 13.1. The Morgan fingerprint density at radius 1 is 1.14 bits per heavy atom. The Bertz CT molecular complexity index is 1440. The predicted octanol–water partition coefficient (Wildman–Crippen LogP) is 3.40. The van der Waals surface area contributed by atoms with Crippen molar-refractivity contribution in [1.82, 2.24) is 19.3 Å². The minimum absolute atomic E-state index is 0.302. The van der Waals surface area contributed by atoms with Gasteiger partial charge in [0.1, 0.15) is 11.4 Å². The number of fused-ring (bicyclic) bond motifs is 1. The molecule has 0 aliphatic carbocycles. The van der Waals surface area contributed by atoms with Gasteiger partial charge in [0.15, 0.2) is 0 Å². The minimum atomic E-state index is -0.535. The van der Waals surface area contributed by atoms with Gasteiger partial charge >= 0.3 is 0 Å². The number of anilines is 3. The number of imidazole rings is 1. The van der Waals surface area contributed by atoms with Crippen molar-refractivity contribution in [3.8, 4) is 5.75 Å². The van der Waals surface area contributed by atoms with Crippen molar-refractivity contribution >= 4 is 40.2 Å². The summed E-state index contributed by atoms with van der Waals surface area (Å²) in [6.45, 7) is 5.64. The Hall–Kier alpha value is -4.54. The summed E-state index contributed by atoms with van der Waals surface area (Å²) in [7, 11) is 1.59. The molecular formula is C26H32N8O3. The second-order valence-corrected chi connectivity index (χ2v) is 8.65. The summed E-state index contributed by atoms with van der Waals surface area (Å²) >= 11 is 0. The molecule has 0 bridgehead atoms. The number of aromatic nitrogens is 4. The molecule has 37 heavy (non-hydrogen) atoms. The van der Waals surface area contributed by atoms with Gasteiger partial charge in [-0.25, -0.2) is 4.98 Å². The number of rotatable bonds is 11. The van der Waals surface area contributed by atoms with Crippen LogP contribution < -0.4 is 26.8 Å². The molecule has 0 fully saturated rings. The summed E-state index contributed by atoms with van der Waals surface area (Å²) in [4.78, 5) is 29.4. The number of amides is 2. The van der Waals surface area contributed by atoms with Crippen molar-refractivity contribution in [3.63, 3.8) is 0 Å². The number of aryl methyl sites for hydroxylation is 3. The molecule has 2 amide bonds. The molecule has 11 nitrogen and oxygen atoms in total. The quantitative estimate of drug-likeness (QED) is 0.180. The third-order valence-electron chi connectivity index (χ3n) is 6.10. The van der Waals surface area contributed by atoms with Crippen LogP contribution in [0.4, 0.5) is 17.3 Å². The van der Waals surface area contributed by atoms with Crippen LogP contribution in [0.3, 0.4) is 0 Å². The van der Waals surface area contributed by atoms with Gasteiger partial charge in [0.25, 0.3) is 5.91 Å². The molecule has 0 radical (unpaired) electrons. The first kappa shape index (κ1) is 25.5. The zero-order chi connectivity index (χ0) is 26.5. The molecule has 0 unspecified atom stereocenters. The van der Waals surface area contributed by atoms with E-state index in [1.165, 1.54) is 0 Å². The lowest BCUT2D eigenvalue weighted by Gasteiger charge is -2.13. The Kier molecular flexibility index (Phi) is 7.61. The molecule has 194 valence electrons. The average Bonchev–Trinajstić information content (AvgIpc) is 3.43. The lowest BCUT2D eigenvalue weighted by atomic mass is 10.2. The standard InChI is InChI=1S/C26H32N8O3/c1-4-34-21(14-16(2)32-34)25(36)31-26-30-19-15-17(24(28)35)10-11-20(19)33(26)13-6-5-12-29-18-8-7-9-22(37-3)23(18)27/h7-11,14-15,29H,4-6,12-13,27H2,1-3H3,(H2,28,35)(H,30,31,36). The van der Waals surface area contributed by atoms with Crippen molar-refractivity contribution in [1.29, 1.82) is 0 Å². The van der Waals surface area contributed by atoms with Crippen molar-refractivity contribution in [2.45, 2.75) is 39.8 Å². The molecule has 2 aromatic carbocycles. The van der Waals surface area contributed by atoms with Crippen molar-refractivity contribution < 1.29 is 14.3 Å². The highest BCUT2D eigenvalue weighted by Gasteiger charge is 2.18. The molecule has 2 heterocycles. The minimum Gasteiger partial charge on any atom is -0.495 e. The molecule has 0 saturated carbocycles. The van der Waals surface area contributed by atoms with Crippen molar-refractivity contribution in [2.75, 3.05) is 30.0 Å². The van der Waals surface area contributed by atoms with Crippen LogP contribution >= 0.6 is 0 Å². The molecule has 0 atom stereocenters. The number of nitrogens with zero attached hydrogens (tertiary/aromatic N) is 4. The summed E-state index contributed by atoms with van der Waals surface area (Å²) in [5.41, 5.74) is 15.9. The average molecular weight is 505 g/mol. The Labute approximate surface area is 214 Å². The number of primary amides is 1. The number of nitrogens with two attached hydrogens (primary N) is 2. The van der Waals surface area contributed by atoms with Gasteiger partial charge in [0.2, 0.25) is 11.9 Å². The van der Waals surface area contributed by atoms with Gasteiger partial charge in [-0.2, -0.15) is 5.10 Å². The lowest BCUT2D eigenvalue weighted by Crippen LogP contribution is -2.20. The number of nitrogen functional groups attached to an aromatic ring is 1. The van der Waals surface area contributed by atoms with E-state index >= 15 is 0 Å². The van der Waals surface area contributed by atoms with E-state index in [2.05, 4.69) is 20.7 Å². The molecule has 4 aromatic rings. The first-order valence-electron chi connectivity index (χ1n) is 12.1. The molecule has 11 heteroatoms. The second kappa shape index (κ2) is 11.0. The smallest absolute Gasteiger partial charge is 0.276 e.